The van der Waals surface area contributed by atoms with E-state index in [1.54, 1.807) is 12.1 Å². The van der Waals surface area contributed by atoms with Gasteiger partial charge in [0.25, 0.3) is 0 Å². The number of aryl methyl sites for hydroxylation is 2. The molecule has 3 aromatic heterocycles. The number of nitrogens with one attached hydrogen (secondary N) is 1. The van der Waals surface area contributed by atoms with Crippen LogP contribution < -0.4 is 5.32 Å². The van der Waals surface area contributed by atoms with E-state index in [2.05, 4.69) is 5.32 Å². The normalized spacial score (nSPS) is 10.9. The Balaban J connectivity index is 1.90. The number of carbonyl (C=O) groups excluding carboxylic acids is 1. The van der Waals surface area contributed by atoms with Crippen LogP contribution in [0.4, 0.5) is 11.5 Å². The van der Waals surface area contributed by atoms with E-state index >= 15 is 0 Å². The third kappa shape index (κ3) is 3.06. The van der Waals surface area contributed by atoms with Crippen molar-refractivity contribution < 1.29 is 13.9 Å². The molecule has 4 aromatic rings. The summed E-state index contributed by atoms with van der Waals surface area (Å²) in [7, 11) is 1.37. The summed E-state index contributed by atoms with van der Waals surface area (Å²) < 4.78 is 12.6. The SMILES string of the molecule is COC(=O)c1ccccc1Nc1c(-c2ccc(C)o2)nc2cc(C)ccn12. The molecular weight excluding hydrogens is 342 g/mol. The van der Waals surface area contributed by atoms with Gasteiger partial charge in [-0.15, -0.1) is 0 Å². The number of hydrogen-bond acceptors (Lipinski definition) is 5. The first kappa shape index (κ1) is 16.9. The Morgan fingerprint density at radius 1 is 1.15 bits per heavy atom. The minimum Gasteiger partial charge on any atom is -0.465 e. The van der Waals surface area contributed by atoms with Crippen LogP contribution in [0.3, 0.4) is 0 Å². The number of carbonyl (C=O) groups is 1. The van der Waals surface area contributed by atoms with Crippen LogP contribution in [0, 0.1) is 13.8 Å². The van der Waals surface area contributed by atoms with Crippen LogP contribution >= 0.6 is 0 Å². The van der Waals surface area contributed by atoms with Crippen molar-refractivity contribution in [2.24, 2.45) is 0 Å². The van der Waals surface area contributed by atoms with Crippen molar-refractivity contribution >= 4 is 23.1 Å². The highest BCUT2D eigenvalue weighted by atomic mass is 16.5. The number of para-hydroxylation sites is 1. The zero-order chi connectivity index (χ0) is 19.0. The number of methoxy groups -OCH3 is 1. The Morgan fingerprint density at radius 2 is 1.96 bits per heavy atom. The Morgan fingerprint density at radius 3 is 2.70 bits per heavy atom. The zero-order valence-electron chi connectivity index (χ0n) is 15.3. The van der Waals surface area contributed by atoms with Gasteiger partial charge in [-0.1, -0.05) is 12.1 Å². The molecule has 0 unspecified atom stereocenters. The van der Waals surface area contributed by atoms with Crippen LogP contribution in [0.1, 0.15) is 21.7 Å². The number of esters is 1. The molecule has 0 saturated heterocycles. The van der Waals surface area contributed by atoms with E-state index in [-0.39, 0.29) is 0 Å². The van der Waals surface area contributed by atoms with Crippen molar-refractivity contribution in [1.82, 2.24) is 9.38 Å². The molecule has 0 aliphatic carbocycles. The maximum Gasteiger partial charge on any atom is 0.339 e. The van der Waals surface area contributed by atoms with Crippen LogP contribution in [0.15, 0.2) is 59.1 Å². The Bertz CT molecular complexity index is 1140. The van der Waals surface area contributed by atoms with Crippen LogP contribution in [-0.2, 0) is 4.74 Å². The topological polar surface area (TPSA) is 68.8 Å². The fraction of sp³-hybridized carbons (Fsp3) is 0.143. The smallest absolute Gasteiger partial charge is 0.339 e. The Labute approximate surface area is 156 Å². The molecule has 1 N–H and O–H groups in total. The number of ether oxygens (including phenoxy) is 1. The molecule has 6 nitrogen and oxygen atoms in total. The second-order valence-corrected chi connectivity index (χ2v) is 6.31. The number of furan rings is 1. The van der Waals surface area contributed by atoms with Crippen molar-refractivity contribution in [2.45, 2.75) is 13.8 Å². The lowest BCUT2D eigenvalue weighted by Crippen LogP contribution is -2.06. The molecule has 0 aliphatic rings. The van der Waals surface area contributed by atoms with E-state index in [0.717, 1.165) is 22.8 Å². The highest BCUT2D eigenvalue weighted by Gasteiger charge is 2.19. The second-order valence-electron chi connectivity index (χ2n) is 6.31. The van der Waals surface area contributed by atoms with Crippen molar-refractivity contribution in [3.8, 4) is 11.5 Å². The molecule has 0 fully saturated rings. The van der Waals surface area contributed by atoms with Crippen LogP contribution in [0.2, 0.25) is 0 Å². The Kier molecular flexibility index (Phi) is 4.16. The van der Waals surface area contributed by atoms with Gasteiger partial charge in [-0.2, -0.15) is 0 Å². The molecule has 3 heterocycles. The van der Waals surface area contributed by atoms with Gasteiger partial charge >= 0.3 is 5.97 Å². The molecule has 0 aliphatic heterocycles. The van der Waals surface area contributed by atoms with Crippen LogP contribution in [0.25, 0.3) is 17.1 Å². The van der Waals surface area contributed by atoms with Gasteiger partial charge in [-0.05, 0) is 55.8 Å². The summed E-state index contributed by atoms with van der Waals surface area (Å²) in [5, 5.41) is 3.35. The number of imidazole rings is 1. The van der Waals surface area contributed by atoms with E-state index in [0.29, 0.717) is 22.7 Å². The average molecular weight is 361 g/mol. The lowest BCUT2D eigenvalue weighted by Gasteiger charge is -2.11. The van der Waals surface area contributed by atoms with Gasteiger partial charge in [0.1, 0.15) is 22.9 Å². The molecule has 0 radical (unpaired) electrons. The van der Waals surface area contributed by atoms with E-state index in [1.165, 1.54) is 7.11 Å². The third-order valence-electron chi connectivity index (χ3n) is 4.34. The lowest BCUT2D eigenvalue weighted by molar-refractivity contribution is 0.0602. The fourth-order valence-electron chi connectivity index (χ4n) is 3.01. The summed E-state index contributed by atoms with van der Waals surface area (Å²) in [5.41, 5.74) is 3.65. The van der Waals surface area contributed by atoms with Gasteiger partial charge < -0.3 is 14.5 Å². The molecule has 1 aromatic carbocycles. The molecule has 0 amide bonds. The summed E-state index contributed by atoms with van der Waals surface area (Å²) in [6.45, 7) is 3.91. The van der Waals surface area contributed by atoms with Gasteiger partial charge in [0.2, 0.25) is 0 Å². The number of pyridine rings is 1. The molecule has 6 heteroatoms. The van der Waals surface area contributed by atoms with Gasteiger partial charge in [0, 0.05) is 6.20 Å². The summed E-state index contributed by atoms with van der Waals surface area (Å²) in [4.78, 5) is 16.9. The number of fused-ring (bicyclic) bond motifs is 1. The quantitative estimate of drug-likeness (QED) is 0.532. The van der Waals surface area contributed by atoms with Crippen molar-refractivity contribution in [2.75, 3.05) is 12.4 Å². The number of aromatic nitrogens is 2. The van der Waals surface area contributed by atoms with Crippen LogP contribution in [-0.4, -0.2) is 22.5 Å². The van der Waals surface area contributed by atoms with Gasteiger partial charge in [-0.25, -0.2) is 9.78 Å². The molecule has 0 atom stereocenters. The van der Waals surface area contributed by atoms with E-state index < -0.39 is 5.97 Å². The number of hydrogen-bond donors (Lipinski definition) is 1. The first-order valence-electron chi connectivity index (χ1n) is 8.56. The molecule has 0 spiro atoms. The standard InChI is InChI=1S/C21H19N3O3/c1-13-10-11-24-18(12-13)23-19(17-9-8-14(2)27-17)20(24)22-16-7-5-4-6-15(16)21(25)26-3/h4-12,22H,1-3H3. The predicted molar refractivity (Wildman–Crippen MR) is 103 cm³/mol. The summed E-state index contributed by atoms with van der Waals surface area (Å²) >= 11 is 0. The summed E-state index contributed by atoms with van der Waals surface area (Å²) in [6, 6.07) is 15.0. The lowest BCUT2D eigenvalue weighted by atomic mass is 10.1. The van der Waals surface area contributed by atoms with Gasteiger partial charge in [-0.3, -0.25) is 4.40 Å². The average Bonchev–Trinajstić information content (AvgIpc) is 3.25. The number of anilines is 2. The molecule has 0 saturated carbocycles. The predicted octanol–water partition coefficient (Wildman–Crippen LogP) is 4.74. The number of benzene rings is 1. The minimum atomic E-state index is -0.404. The first-order valence-corrected chi connectivity index (χ1v) is 8.56. The maximum absolute atomic E-state index is 12.1. The molecule has 27 heavy (non-hydrogen) atoms. The van der Waals surface area contributed by atoms with Crippen molar-refractivity contribution in [3.05, 3.63) is 71.6 Å². The van der Waals surface area contributed by atoms with Crippen molar-refractivity contribution in [1.29, 1.82) is 0 Å². The molecule has 0 bridgehead atoms. The second kappa shape index (κ2) is 6.64. The molecule has 4 rings (SSSR count). The summed E-state index contributed by atoms with van der Waals surface area (Å²) in [5.74, 6) is 1.78. The first-order chi connectivity index (χ1) is 13.1. The maximum atomic E-state index is 12.1. The van der Waals surface area contributed by atoms with Gasteiger partial charge in [0.15, 0.2) is 5.76 Å². The fourth-order valence-corrected chi connectivity index (χ4v) is 3.01. The van der Waals surface area contributed by atoms with E-state index in [4.69, 9.17) is 14.1 Å². The number of rotatable bonds is 4. The zero-order valence-corrected chi connectivity index (χ0v) is 15.3. The van der Waals surface area contributed by atoms with E-state index in [9.17, 15) is 4.79 Å². The monoisotopic (exact) mass is 361 g/mol. The molecular formula is C21H19N3O3. The van der Waals surface area contributed by atoms with E-state index in [1.807, 2.05) is 60.8 Å². The van der Waals surface area contributed by atoms with Gasteiger partial charge in [0.05, 0.1) is 18.4 Å². The highest BCUT2D eigenvalue weighted by molar-refractivity contribution is 5.97. The minimum absolute atomic E-state index is 0.404. The summed E-state index contributed by atoms with van der Waals surface area (Å²) in [6.07, 6.45) is 1.94. The largest absolute Gasteiger partial charge is 0.465 e. The third-order valence-corrected chi connectivity index (χ3v) is 4.34. The molecule has 136 valence electrons. The van der Waals surface area contributed by atoms with Crippen molar-refractivity contribution in [3.63, 3.8) is 0 Å². The highest BCUT2D eigenvalue weighted by Crippen LogP contribution is 2.33. The van der Waals surface area contributed by atoms with Crippen LogP contribution in [0.5, 0.6) is 0 Å². The number of nitrogens with zero attached hydrogens (tertiary/aromatic N) is 2. The Hall–Kier alpha value is -3.54.